The summed E-state index contributed by atoms with van der Waals surface area (Å²) in [6, 6.07) is 7.22. The Morgan fingerprint density at radius 3 is 2.79 bits per heavy atom. The van der Waals surface area contributed by atoms with Crippen molar-refractivity contribution in [1.82, 2.24) is 19.7 Å². The van der Waals surface area contributed by atoms with Crippen LogP contribution < -0.4 is 15.8 Å². The predicted octanol–water partition coefficient (Wildman–Crippen LogP) is 1.33. The molecular weight excluding hydrogens is 376 g/mol. The molecule has 4 rings (SSSR count). The van der Waals surface area contributed by atoms with Crippen LogP contribution in [0.15, 0.2) is 52.1 Å². The smallest absolute Gasteiger partial charge is 0.267 e. The average Bonchev–Trinajstić information content (AvgIpc) is 3.29. The van der Waals surface area contributed by atoms with Gasteiger partial charge in [-0.1, -0.05) is 0 Å². The van der Waals surface area contributed by atoms with Crippen LogP contribution >= 0.6 is 0 Å². The highest BCUT2D eigenvalue weighted by molar-refractivity contribution is 5.92. The molecule has 3 aromatic heterocycles. The van der Waals surface area contributed by atoms with E-state index in [1.807, 2.05) is 0 Å². The number of nitrogens with one attached hydrogen (secondary N) is 1. The van der Waals surface area contributed by atoms with Crippen molar-refractivity contribution in [3.05, 3.63) is 53.3 Å². The fourth-order valence-electron chi connectivity index (χ4n) is 2.98. The summed E-state index contributed by atoms with van der Waals surface area (Å²) >= 11 is 0. The van der Waals surface area contributed by atoms with Crippen LogP contribution in [-0.2, 0) is 9.53 Å². The van der Waals surface area contributed by atoms with Crippen LogP contribution in [0.3, 0.4) is 0 Å². The van der Waals surface area contributed by atoms with Gasteiger partial charge in [-0.15, -0.1) is 0 Å². The number of amides is 1. The Bertz CT molecular complexity index is 1040. The lowest BCUT2D eigenvalue weighted by Crippen LogP contribution is -2.37. The maximum atomic E-state index is 12.7. The largest absolute Gasteiger partial charge is 0.463 e. The zero-order valence-electron chi connectivity index (χ0n) is 15.8. The number of aromatic nitrogens is 4. The Labute approximate surface area is 166 Å². The van der Waals surface area contributed by atoms with Crippen molar-refractivity contribution in [2.24, 2.45) is 0 Å². The SMILES string of the molecule is CC(C(=O)Nc1cc(N2CCOCC2)ncn1)n1nc(-c2ccco2)ccc1=O. The maximum absolute atomic E-state index is 12.7. The van der Waals surface area contributed by atoms with E-state index in [-0.39, 0.29) is 5.56 Å². The molecule has 1 atom stereocenters. The molecule has 0 aliphatic carbocycles. The fourth-order valence-corrected chi connectivity index (χ4v) is 2.98. The molecule has 1 fully saturated rings. The van der Waals surface area contributed by atoms with E-state index in [1.54, 1.807) is 31.2 Å². The van der Waals surface area contributed by atoms with E-state index in [4.69, 9.17) is 9.15 Å². The number of carbonyl (C=O) groups is 1. The molecule has 0 aromatic carbocycles. The van der Waals surface area contributed by atoms with E-state index in [0.29, 0.717) is 36.3 Å². The van der Waals surface area contributed by atoms with E-state index < -0.39 is 11.9 Å². The molecule has 1 amide bonds. The van der Waals surface area contributed by atoms with Gasteiger partial charge in [-0.05, 0) is 25.1 Å². The van der Waals surface area contributed by atoms with Gasteiger partial charge in [0.25, 0.3) is 5.56 Å². The molecule has 0 bridgehead atoms. The van der Waals surface area contributed by atoms with Gasteiger partial charge in [-0.25, -0.2) is 14.6 Å². The van der Waals surface area contributed by atoms with Gasteiger partial charge in [0.05, 0.1) is 19.5 Å². The molecule has 0 radical (unpaired) electrons. The van der Waals surface area contributed by atoms with E-state index in [9.17, 15) is 9.59 Å². The number of hydrogen-bond donors (Lipinski definition) is 1. The van der Waals surface area contributed by atoms with Crippen LogP contribution in [0.1, 0.15) is 13.0 Å². The zero-order valence-corrected chi connectivity index (χ0v) is 15.8. The van der Waals surface area contributed by atoms with Gasteiger partial charge in [0.1, 0.15) is 29.7 Å². The minimum absolute atomic E-state index is 0.355. The maximum Gasteiger partial charge on any atom is 0.267 e. The van der Waals surface area contributed by atoms with Crippen molar-refractivity contribution in [1.29, 1.82) is 0 Å². The van der Waals surface area contributed by atoms with Crippen LogP contribution in [0.2, 0.25) is 0 Å². The first-order valence-electron chi connectivity index (χ1n) is 9.21. The summed E-state index contributed by atoms with van der Waals surface area (Å²) in [5.74, 6) is 1.16. The minimum Gasteiger partial charge on any atom is -0.463 e. The Balaban J connectivity index is 1.52. The first-order chi connectivity index (χ1) is 14.1. The molecule has 1 N–H and O–H groups in total. The van der Waals surface area contributed by atoms with Crippen molar-refractivity contribution in [2.75, 3.05) is 36.5 Å². The molecule has 3 aromatic rings. The molecule has 1 aliphatic rings. The van der Waals surface area contributed by atoms with Gasteiger partial charge in [-0.2, -0.15) is 5.10 Å². The summed E-state index contributed by atoms with van der Waals surface area (Å²) in [6.45, 7) is 4.30. The van der Waals surface area contributed by atoms with Crippen LogP contribution in [0.5, 0.6) is 0 Å². The van der Waals surface area contributed by atoms with Crippen molar-refractivity contribution >= 4 is 17.5 Å². The van der Waals surface area contributed by atoms with Gasteiger partial charge in [0, 0.05) is 25.2 Å². The van der Waals surface area contributed by atoms with Crippen LogP contribution in [0.25, 0.3) is 11.5 Å². The number of anilines is 2. The first-order valence-corrected chi connectivity index (χ1v) is 9.21. The lowest BCUT2D eigenvalue weighted by Gasteiger charge is -2.27. The minimum atomic E-state index is -0.848. The summed E-state index contributed by atoms with van der Waals surface area (Å²) < 4.78 is 11.8. The first kappa shape index (κ1) is 18.8. The second kappa shape index (κ2) is 8.23. The van der Waals surface area contributed by atoms with E-state index in [0.717, 1.165) is 17.8 Å². The second-order valence-corrected chi connectivity index (χ2v) is 6.50. The molecule has 1 unspecified atom stereocenters. The van der Waals surface area contributed by atoms with Gasteiger partial charge in [-0.3, -0.25) is 9.59 Å². The Hall–Kier alpha value is -3.53. The average molecular weight is 396 g/mol. The molecule has 10 nitrogen and oxygen atoms in total. The lowest BCUT2D eigenvalue weighted by molar-refractivity contribution is -0.119. The molecule has 4 heterocycles. The Morgan fingerprint density at radius 2 is 2.03 bits per heavy atom. The van der Waals surface area contributed by atoms with Gasteiger partial charge < -0.3 is 19.4 Å². The number of carbonyl (C=O) groups excluding carboxylic acids is 1. The number of rotatable bonds is 5. The van der Waals surface area contributed by atoms with Crippen molar-refractivity contribution in [3.8, 4) is 11.5 Å². The number of furan rings is 1. The standard InChI is InChI=1S/C19H20N6O4/c1-13(25-18(26)5-4-14(23-25)15-3-2-8-29-15)19(27)22-16-11-17(21-12-20-16)24-6-9-28-10-7-24/h2-5,8,11-13H,6-7,9-10H2,1H3,(H,20,21,22,27). The van der Waals surface area contributed by atoms with E-state index in [2.05, 4.69) is 25.3 Å². The number of ether oxygens (including phenoxy) is 1. The molecule has 10 heteroatoms. The van der Waals surface area contributed by atoms with Crippen LogP contribution in [-0.4, -0.2) is 52.0 Å². The van der Waals surface area contributed by atoms with Gasteiger partial charge in [0.15, 0.2) is 5.76 Å². The highest BCUT2D eigenvalue weighted by Gasteiger charge is 2.20. The Morgan fingerprint density at radius 1 is 1.21 bits per heavy atom. The predicted molar refractivity (Wildman–Crippen MR) is 105 cm³/mol. The quantitative estimate of drug-likeness (QED) is 0.687. The van der Waals surface area contributed by atoms with Crippen molar-refractivity contribution in [2.45, 2.75) is 13.0 Å². The van der Waals surface area contributed by atoms with Crippen LogP contribution in [0, 0.1) is 0 Å². The number of morpholine rings is 1. The monoisotopic (exact) mass is 396 g/mol. The third kappa shape index (κ3) is 4.16. The molecular formula is C19H20N6O4. The van der Waals surface area contributed by atoms with Crippen LogP contribution in [0.4, 0.5) is 11.6 Å². The summed E-state index contributed by atoms with van der Waals surface area (Å²) in [5.41, 5.74) is 0.0746. The summed E-state index contributed by atoms with van der Waals surface area (Å²) in [4.78, 5) is 35.4. The number of hydrogen-bond acceptors (Lipinski definition) is 8. The lowest BCUT2D eigenvalue weighted by atomic mass is 10.3. The van der Waals surface area contributed by atoms with Crippen molar-refractivity contribution < 1.29 is 13.9 Å². The van der Waals surface area contributed by atoms with Gasteiger partial charge >= 0.3 is 0 Å². The van der Waals surface area contributed by atoms with Gasteiger partial charge in [0.2, 0.25) is 5.91 Å². The summed E-state index contributed by atoms with van der Waals surface area (Å²) in [7, 11) is 0. The summed E-state index contributed by atoms with van der Waals surface area (Å²) in [5, 5.41) is 6.99. The molecule has 1 saturated heterocycles. The molecule has 29 heavy (non-hydrogen) atoms. The molecule has 0 saturated carbocycles. The summed E-state index contributed by atoms with van der Waals surface area (Å²) in [6.07, 6.45) is 2.91. The highest BCUT2D eigenvalue weighted by Crippen LogP contribution is 2.18. The zero-order chi connectivity index (χ0) is 20.2. The van der Waals surface area contributed by atoms with E-state index in [1.165, 1.54) is 18.7 Å². The molecule has 0 spiro atoms. The second-order valence-electron chi connectivity index (χ2n) is 6.50. The highest BCUT2D eigenvalue weighted by atomic mass is 16.5. The number of nitrogens with zero attached hydrogens (tertiary/aromatic N) is 5. The topological polar surface area (TPSA) is 115 Å². The third-order valence-corrected chi connectivity index (χ3v) is 4.58. The molecule has 150 valence electrons. The Kier molecular flexibility index (Phi) is 5.34. The van der Waals surface area contributed by atoms with E-state index >= 15 is 0 Å². The third-order valence-electron chi connectivity index (χ3n) is 4.58. The normalized spacial score (nSPS) is 15.1. The fraction of sp³-hybridized carbons (Fsp3) is 0.316. The van der Waals surface area contributed by atoms with Crippen molar-refractivity contribution in [3.63, 3.8) is 0 Å². The molecule has 1 aliphatic heterocycles.